The highest BCUT2D eigenvalue weighted by Crippen LogP contribution is 2.33. The summed E-state index contributed by atoms with van der Waals surface area (Å²) in [6, 6.07) is 39.8. The predicted molar refractivity (Wildman–Crippen MR) is 157 cm³/mol. The summed E-state index contributed by atoms with van der Waals surface area (Å²) in [5.74, 6) is 1.66. The van der Waals surface area contributed by atoms with Gasteiger partial charge in [0.15, 0.2) is 0 Å². The molecule has 0 nitrogen and oxygen atoms in total. The van der Waals surface area contributed by atoms with E-state index < -0.39 is 0 Å². The Morgan fingerprint density at radius 2 is 1.06 bits per heavy atom. The maximum Gasteiger partial charge on any atom is -0.00975 e. The predicted octanol–water partition coefficient (Wildman–Crippen LogP) is 10.0. The normalized spacial score (nSPS) is 14.0. The fourth-order valence-electron chi connectivity index (χ4n) is 4.87. The van der Waals surface area contributed by atoms with Gasteiger partial charge in [0.1, 0.15) is 0 Å². The third kappa shape index (κ3) is 7.31. The summed E-state index contributed by atoms with van der Waals surface area (Å²) in [5.41, 5.74) is 8.20. The summed E-state index contributed by atoms with van der Waals surface area (Å²) >= 11 is 0. The lowest BCUT2D eigenvalue weighted by Gasteiger charge is -2.21. The van der Waals surface area contributed by atoms with Gasteiger partial charge in [0, 0.05) is 0 Å². The van der Waals surface area contributed by atoms with Gasteiger partial charge < -0.3 is 0 Å². The molecule has 0 fully saturated rings. The van der Waals surface area contributed by atoms with Crippen molar-refractivity contribution in [1.82, 2.24) is 0 Å². The second-order valence-corrected chi connectivity index (χ2v) is 10.3. The summed E-state index contributed by atoms with van der Waals surface area (Å²) in [6.45, 7) is 7.05. The van der Waals surface area contributed by atoms with Gasteiger partial charge >= 0.3 is 0 Å². The molecule has 2 unspecified atom stereocenters. The van der Waals surface area contributed by atoms with Gasteiger partial charge in [-0.15, -0.1) is 0 Å². The Morgan fingerprint density at radius 3 is 1.67 bits per heavy atom. The van der Waals surface area contributed by atoms with Crippen molar-refractivity contribution >= 4 is 0 Å². The van der Waals surface area contributed by atoms with Crippen molar-refractivity contribution in [3.63, 3.8) is 0 Å². The van der Waals surface area contributed by atoms with Crippen molar-refractivity contribution in [1.29, 1.82) is 0 Å². The molecule has 4 rings (SSSR count). The number of aryl methyl sites for hydroxylation is 1. The van der Waals surface area contributed by atoms with Crippen LogP contribution in [0.4, 0.5) is 0 Å². The van der Waals surface area contributed by atoms with E-state index in [9.17, 15) is 0 Å². The Balaban J connectivity index is 1.25. The van der Waals surface area contributed by atoms with E-state index in [1.165, 1.54) is 46.2 Å². The first-order chi connectivity index (χ1) is 17.6. The largest absolute Gasteiger partial charge is 0.0879 e. The van der Waals surface area contributed by atoms with Crippen LogP contribution in [0.2, 0.25) is 0 Å². The summed E-state index contributed by atoms with van der Waals surface area (Å²) in [4.78, 5) is 0. The van der Waals surface area contributed by atoms with Gasteiger partial charge in [-0.05, 0) is 76.8 Å². The summed E-state index contributed by atoms with van der Waals surface area (Å²) < 4.78 is 0. The van der Waals surface area contributed by atoms with Crippen LogP contribution >= 0.6 is 0 Å². The highest BCUT2D eigenvalue weighted by molar-refractivity contribution is 5.63. The third-order valence-corrected chi connectivity index (χ3v) is 7.63. The molecule has 0 aromatic heterocycles. The van der Waals surface area contributed by atoms with Crippen LogP contribution in [0.25, 0.3) is 11.1 Å². The molecule has 0 aliphatic rings. The first-order valence-corrected chi connectivity index (χ1v) is 13.5. The molecule has 0 saturated heterocycles. The van der Waals surface area contributed by atoms with Gasteiger partial charge in [0.2, 0.25) is 0 Å². The van der Waals surface area contributed by atoms with Crippen LogP contribution in [0.1, 0.15) is 67.7 Å². The topological polar surface area (TPSA) is 0 Å². The van der Waals surface area contributed by atoms with Crippen molar-refractivity contribution in [2.24, 2.45) is 5.92 Å². The minimum atomic E-state index is 0.470. The van der Waals surface area contributed by atoms with Crippen molar-refractivity contribution in [2.75, 3.05) is 0 Å². The molecule has 0 spiro atoms. The van der Waals surface area contributed by atoms with E-state index in [2.05, 4.69) is 142 Å². The fourth-order valence-corrected chi connectivity index (χ4v) is 4.87. The molecule has 4 aromatic rings. The maximum absolute atomic E-state index is 2.37. The van der Waals surface area contributed by atoms with E-state index in [1.54, 1.807) is 0 Å². The van der Waals surface area contributed by atoms with Crippen molar-refractivity contribution < 1.29 is 0 Å². The number of hydrogen-bond donors (Lipinski definition) is 0. The van der Waals surface area contributed by atoms with Gasteiger partial charge in [0.25, 0.3) is 0 Å². The van der Waals surface area contributed by atoms with E-state index in [1.807, 2.05) is 0 Å². The van der Waals surface area contributed by atoms with Crippen LogP contribution in [0.15, 0.2) is 121 Å². The molecule has 0 N–H and O–H groups in total. The highest BCUT2D eigenvalue weighted by atomic mass is 14.2. The number of hydrogen-bond acceptors (Lipinski definition) is 0. The summed E-state index contributed by atoms with van der Waals surface area (Å²) in [6.07, 6.45) is 9.29. The zero-order valence-corrected chi connectivity index (χ0v) is 22.1. The second kappa shape index (κ2) is 13.1. The van der Waals surface area contributed by atoms with Crippen molar-refractivity contribution in [3.8, 4) is 11.1 Å². The smallest absolute Gasteiger partial charge is 0.00975 e. The molecule has 4 aromatic carbocycles. The Morgan fingerprint density at radius 1 is 0.528 bits per heavy atom. The standard InChI is InChI=1S/C36H40/c1-28(18-19-31-13-6-4-7-14-31)12-10-11-15-32-20-22-33(23-21-32)29(2)30(3)34-24-26-36(27-25-34)35-16-8-5-9-17-35/h4-11,13-14,16-17,20-30H,12,15,18-19H2,1-3H3/b11-10-/t28-,29?,30?/m0/s1. The molecule has 0 heteroatoms. The average Bonchev–Trinajstić information content (AvgIpc) is 2.95. The second-order valence-electron chi connectivity index (χ2n) is 10.3. The number of allylic oxidation sites excluding steroid dienone is 2. The molecule has 0 bridgehead atoms. The van der Waals surface area contributed by atoms with Crippen LogP contribution in [0, 0.1) is 5.92 Å². The van der Waals surface area contributed by atoms with Crippen LogP contribution in [-0.2, 0) is 12.8 Å². The van der Waals surface area contributed by atoms with E-state index in [4.69, 9.17) is 0 Å². The highest BCUT2D eigenvalue weighted by Gasteiger charge is 2.16. The monoisotopic (exact) mass is 472 g/mol. The molecule has 0 aliphatic heterocycles. The Hall–Kier alpha value is -3.38. The third-order valence-electron chi connectivity index (χ3n) is 7.63. The average molecular weight is 473 g/mol. The minimum Gasteiger partial charge on any atom is -0.0879 e. The van der Waals surface area contributed by atoms with E-state index in [0.29, 0.717) is 17.8 Å². The summed E-state index contributed by atoms with van der Waals surface area (Å²) in [7, 11) is 0. The van der Waals surface area contributed by atoms with E-state index >= 15 is 0 Å². The molecule has 0 radical (unpaired) electrons. The van der Waals surface area contributed by atoms with E-state index in [-0.39, 0.29) is 0 Å². The molecule has 184 valence electrons. The van der Waals surface area contributed by atoms with E-state index in [0.717, 1.165) is 12.8 Å². The quantitative estimate of drug-likeness (QED) is 0.190. The van der Waals surface area contributed by atoms with Gasteiger partial charge in [-0.3, -0.25) is 0 Å². The van der Waals surface area contributed by atoms with Crippen molar-refractivity contribution in [3.05, 3.63) is 144 Å². The first kappa shape index (κ1) is 25.7. The Bertz CT molecular complexity index is 1180. The zero-order chi connectivity index (χ0) is 25.2. The summed E-state index contributed by atoms with van der Waals surface area (Å²) in [5, 5.41) is 0. The molecular formula is C36H40. The first-order valence-electron chi connectivity index (χ1n) is 13.5. The Labute approximate surface area is 218 Å². The van der Waals surface area contributed by atoms with Gasteiger partial charge in [0.05, 0.1) is 0 Å². The number of rotatable bonds is 11. The minimum absolute atomic E-state index is 0.470. The molecule has 0 heterocycles. The van der Waals surface area contributed by atoms with Crippen LogP contribution < -0.4 is 0 Å². The number of benzene rings is 4. The zero-order valence-electron chi connectivity index (χ0n) is 22.1. The molecule has 36 heavy (non-hydrogen) atoms. The maximum atomic E-state index is 2.37. The molecular weight excluding hydrogens is 432 g/mol. The van der Waals surface area contributed by atoms with Crippen molar-refractivity contribution in [2.45, 2.75) is 58.3 Å². The fraction of sp³-hybridized carbons (Fsp3) is 0.278. The molecule has 0 aliphatic carbocycles. The molecule has 3 atom stereocenters. The molecule has 0 amide bonds. The lowest BCUT2D eigenvalue weighted by atomic mass is 9.83. The molecule has 0 saturated carbocycles. The van der Waals surface area contributed by atoms with Gasteiger partial charge in [-0.25, -0.2) is 0 Å². The Kier molecular flexibility index (Phi) is 9.33. The lowest BCUT2D eigenvalue weighted by molar-refractivity contribution is 0.540. The van der Waals surface area contributed by atoms with Gasteiger partial charge in [-0.1, -0.05) is 142 Å². The van der Waals surface area contributed by atoms with Crippen LogP contribution in [0.3, 0.4) is 0 Å². The lowest BCUT2D eigenvalue weighted by Crippen LogP contribution is -2.05. The van der Waals surface area contributed by atoms with Gasteiger partial charge in [-0.2, -0.15) is 0 Å². The SMILES string of the molecule is CC(c1ccc(C/C=C\C[C@H](C)CCc2ccccc2)cc1)C(C)c1ccc(-c2ccccc2)cc1. The van der Waals surface area contributed by atoms with Crippen LogP contribution in [0.5, 0.6) is 0 Å². The van der Waals surface area contributed by atoms with Crippen LogP contribution in [-0.4, -0.2) is 0 Å².